The van der Waals surface area contributed by atoms with Crippen LogP contribution < -0.4 is 19.3 Å². The summed E-state index contributed by atoms with van der Waals surface area (Å²) in [5.41, 5.74) is 1.24. The fraction of sp³-hybridized carbons (Fsp3) is 0.357. The van der Waals surface area contributed by atoms with Crippen molar-refractivity contribution in [2.45, 2.75) is 19.8 Å². The van der Waals surface area contributed by atoms with Gasteiger partial charge in [0.05, 0.1) is 47.2 Å². The van der Waals surface area contributed by atoms with E-state index in [0.717, 1.165) is 6.42 Å². The summed E-state index contributed by atoms with van der Waals surface area (Å²) in [7, 11) is 1.34. The number of benzene rings is 2. The van der Waals surface area contributed by atoms with E-state index < -0.39 is 16.8 Å². The average Bonchev–Trinajstić information content (AvgIpc) is 3.68. The molecule has 0 spiro atoms. The first kappa shape index (κ1) is 24.8. The van der Waals surface area contributed by atoms with Crippen LogP contribution in [0.25, 0.3) is 0 Å². The Bertz CT molecular complexity index is 1450. The number of non-ortho nitro benzene ring substituents is 1. The highest BCUT2D eigenvalue weighted by Crippen LogP contribution is 2.53. The second-order valence-electron chi connectivity index (χ2n) is 10.4. The summed E-state index contributed by atoms with van der Waals surface area (Å²) in [4.78, 5) is 65.1. The van der Waals surface area contributed by atoms with Gasteiger partial charge in [0.15, 0.2) is 0 Å². The Balaban J connectivity index is 1.15. The van der Waals surface area contributed by atoms with Crippen LogP contribution in [-0.4, -0.2) is 42.3 Å². The van der Waals surface area contributed by atoms with Crippen LogP contribution in [0.4, 0.5) is 17.1 Å². The van der Waals surface area contributed by atoms with Crippen molar-refractivity contribution in [1.29, 1.82) is 0 Å². The molecule has 39 heavy (non-hydrogen) atoms. The highest BCUT2D eigenvalue weighted by Gasteiger charge is 2.59. The highest BCUT2D eigenvalue weighted by molar-refractivity contribution is 6.23. The van der Waals surface area contributed by atoms with Gasteiger partial charge < -0.3 is 14.4 Å². The topological polar surface area (TPSA) is 136 Å². The molecule has 0 N–H and O–H groups in total. The van der Waals surface area contributed by atoms with Crippen molar-refractivity contribution in [3.63, 3.8) is 0 Å². The van der Waals surface area contributed by atoms with Crippen molar-refractivity contribution >= 4 is 40.8 Å². The normalized spacial score (nSPS) is 26.9. The number of hydrogen-bond acceptors (Lipinski definition) is 8. The number of nitrogens with zero attached hydrogens (tertiary/aromatic N) is 3. The highest BCUT2D eigenvalue weighted by atomic mass is 16.6. The number of carbonyl (C=O) groups excluding carboxylic acids is 4. The fourth-order valence-electron chi connectivity index (χ4n) is 6.38. The lowest BCUT2D eigenvalue weighted by molar-refractivity contribution is -0.384. The van der Waals surface area contributed by atoms with Crippen LogP contribution in [0.1, 0.15) is 18.4 Å². The van der Waals surface area contributed by atoms with Gasteiger partial charge in [-0.05, 0) is 55.0 Å². The molecule has 2 aromatic carbocycles. The second kappa shape index (κ2) is 9.04. The summed E-state index contributed by atoms with van der Waals surface area (Å²) >= 11 is 0. The molecule has 0 radical (unpaired) electrons. The minimum Gasteiger partial charge on any atom is -0.494 e. The van der Waals surface area contributed by atoms with E-state index >= 15 is 0 Å². The van der Waals surface area contributed by atoms with Crippen molar-refractivity contribution in [1.82, 2.24) is 0 Å². The molecule has 2 heterocycles. The third-order valence-electron chi connectivity index (χ3n) is 8.22. The predicted molar refractivity (Wildman–Crippen MR) is 137 cm³/mol. The number of ether oxygens (including phenoxy) is 2. The van der Waals surface area contributed by atoms with Gasteiger partial charge in [-0.3, -0.25) is 29.3 Å². The molecule has 2 bridgehead atoms. The zero-order valence-electron chi connectivity index (χ0n) is 21.2. The van der Waals surface area contributed by atoms with Crippen LogP contribution in [0.5, 0.6) is 11.5 Å². The number of allylic oxidation sites excluding steroid dienone is 2. The molecule has 3 amide bonds. The van der Waals surface area contributed by atoms with Crippen LogP contribution in [0.3, 0.4) is 0 Å². The molecule has 0 unspecified atom stereocenters. The minimum atomic E-state index is -0.763. The standard InChI is InChI=1S/C28H25N3O8/c1-14-9-19(6-8-20(14)30-26(33)24-15-3-4-16(10-15)25(24)27(30)34)39-28(35)17-11-23(32)29(13-17)21-7-5-18(31(36)37)12-22(21)38-2/h3-9,12,15-17,24-25H,10-11,13H2,1-2H3/t15-,16-,17+,24-,25+/m0/s1. The van der Waals surface area contributed by atoms with Gasteiger partial charge in [-0.2, -0.15) is 0 Å². The minimum absolute atomic E-state index is 0.0266. The lowest BCUT2D eigenvalue weighted by Crippen LogP contribution is -2.33. The molecule has 200 valence electrons. The van der Waals surface area contributed by atoms with Gasteiger partial charge in [0.2, 0.25) is 17.7 Å². The third kappa shape index (κ3) is 3.87. The molecule has 11 heteroatoms. The van der Waals surface area contributed by atoms with E-state index in [2.05, 4.69) is 0 Å². The SMILES string of the molecule is COc1cc([N+](=O)[O-])ccc1N1C[C@H](C(=O)Oc2ccc(N3C(=O)[C@@H]4[C@H](C3=O)[C@H]3C=C[C@H]4C3)c(C)c2)CC1=O. The zero-order chi connectivity index (χ0) is 27.6. The van der Waals surface area contributed by atoms with Crippen LogP contribution in [0.15, 0.2) is 48.6 Å². The van der Waals surface area contributed by atoms with Crippen LogP contribution >= 0.6 is 0 Å². The van der Waals surface area contributed by atoms with Gasteiger partial charge in [0.1, 0.15) is 11.5 Å². The number of fused-ring (bicyclic) bond motifs is 5. The summed E-state index contributed by atoms with van der Waals surface area (Å²) in [5.74, 6) is -2.06. The molecule has 2 aliphatic heterocycles. The maximum atomic E-state index is 13.2. The lowest BCUT2D eigenvalue weighted by atomic mass is 9.85. The molecular weight excluding hydrogens is 506 g/mol. The van der Waals surface area contributed by atoms with Gasteiger partial charge in [0.25, 0.3) is 5.69 Å². The summed E-state index contributed by atoms with van der Waals surface area (Å²) in [5, 5.41) is 11.1. The van der Waals surface area contributed by atoms with Gasteiger partial charge in [0, 0.05) is 19.0 Å². The Kier molecular flexibility index (Phi) is 5.74. The fourth-order valence-corrected chi connectivity index (χ4v) is 6.38. The Labute approximate surface area is 223 Å². The van der Waals surface area contributed by atoms with Gasteiger partial charge in [-0.25, -0.2) is 4.90 Å². The van der Waals surface area contributed by atoms with Gasteiger partial charge in [-0.1, -0.05) is 12.2 Å². The number of amides is 3. The van der Waals surface area contributed by atoms with Crippen molar-refractivity contribution < 1.29 is 33.6 Å². The average molecular weight is 532 g/mol. The number of hydrogen-bond donors (Lipinski definition) is 0. The quantitative estimate of drug-likeness (QED) is 0.138. The number of anilines is 2. The lowest BCUT2D eigenvalue weighted by Gasteiger charge is -2.20. The van der Waals surface area contributed by atoms with E-state index in [0.29, 0.717) is 16.9 Å². The monoisotopic (exact) mass is 531 g/mol. The molecule has 1 saturated carbocycles. The zero-order valence-corrected chi connectivity index (χ0v) is 21.2. The van der Waals surface area contributed by atoms with Gasteiger partial charge in [-0.15, -0.1) is 0 Å². The van der Waals surface area contributed by atoms with E-state index in [9.17, 15) is 29.3 Å². The first-order chi connectivity index (χ1) is 18.7. The van der Waals surface area contributed by atoms with Crippen molar-refractivity contribution in [2.24, 2.45) is 29.6 Å². The number of nitro groups is 1. The molecule has 2 aliphatic carbocycles. The van der Waals surface area contributed by atoms with Crippen LogP contribution in [0, 0.1) is 46.6 Å². The number of carbonyl (C=O) groups is 4. The molecule has 6 rings (SSSR count). The number of esters is 1. The Morgan fingerprint density at radius 1 is 1.00 bits per heavy atom. The third-order valence-corrected chi connectivity index (χ3v) is 8.22. The molecule has 3 fully saturated rings. The van der Waals surface area contributed by atoms with E-state index in [1.54, 1.807) is 19.1 Å². The molecule has 4 aliphatic rings. The number of imide groups is 1. The summed E-state index contributed by atoms with van der Waals surface area (Å²) in [6.45, 7) is 1.77. The molecule has 2 aromatic rings. The number of methoxy groups -OCH3 is 1. The van der Waals surface area contributed by atoms with Crippen molar-refractivity contribution in [3.8, 4) is 11.5 Å². The maximum absolute atomic E-state index is 13.2. The summed E-state index contributed by atoms with van der Waals surface area (Å²) in [6.07, 6.45) is 4.85. The molecule has 11 nitrogen and oxygen atoms in total. The number of nitro benzene ring substituents is 1. The molecular formula is C28H25N3O8. The largest absolute Gasteiger partial charge is 0.494 e. The summed E-state index contributed by atoms with van der Waals surface area (Å²) < 4.78 is 10.8. The second-order valence-corrected chi connectivity index (χ2v) is 10.4. The first-order valence-corrected chi connectivity index (χ1v) is 12.7. The maximum Gasteiger partial charge on any atom is 0.316 e. The predicted octanol–water partition coefficient (Wildman–Crippen LogP) is 3.18. The van der Waals surface area contributed by atoms with Crippen LogP contribution in [0.2, 0.25) is 0 Å². The number of aryl methyl sites for hydroxylation is 1. The van der Waals surface area contributed by atoms with Crippen molar-refractivity contribution in [3.05, 3.63) is 64.2 Å². The van der Waals surface area contributed by atoms with Gasteiger partial charge >= 0.3 is 5.97 Å². The summed E-state index contributed by atoms with van der Waals surface area (Å²) in [6, 6.07) is 8.66. The van der Waals surface area contributed by atoms with E-state index in [1.807, 2.05) is 12.2 Å². The van der Waals surface area contributed by atoms with Crippen LogP contribution in [-0.2, 0) is 19.2 Å². The van der Waals surface area contributed by atoms with E-state index in [4.69, 9.17) is 9.47 Å². The van der Waals surface area contributed by atoms with E-state index in [-0.39, 0.29) is 71.5 Å². The molecule has 5 atom stereocenters. The number of rotatable bonds is 6. The van der Waals surface area contributed by atoms with Crippen molar-refractivity contribution in [2.75, 3.05) is 23.5 Å². The molecule has 0 aromatic heterocycles. The smallest absolute Gasteiger partial charge is 0.316 e. The van der Waals surface area contributed by atoms with E-state index in [1.165, 1.54) is 41.2 Å². The Hall–Kier alpha value is -4.54. The molecule has 2 saturated heterocycles. The Morgan fingerprint density at radius 3 is 2.28 bits per heavy atom. The Morgan fingerprint density at radius 2 is 1.67 bits per heavy atom. The first-order valence-electron chi connectivity index (χ1n) is 12.7.